The number of rotatable bonds is 8. The van der Waals surface area contributed by atoms with Crippen LogP contribution in [0.15, 0.2) is 49.1 Å². The molecule has 0 heterocycles. The third-order valence-electron chi connectivity index (χ3n) is 4.07. The van der Waals surface area contributed by atoms with Crippen LogP contribution >= 0.6 is 0 Å². The van der Waals surface area contributed by atoms with E-state index in [1.54, 1.807) is 44.6 Å². The highest BCUT2D eigenvalue weighted by atomic mass is 16.5. The van der Waals surface area contributed by atoms with Crippen molar-refractivity contribution in [1.29, 1.82) is 0 Å². The largest absolute Gasteiger partial charge is 0.493 e. The molecular formula is C21H25NO4. The Morgan fingerprint density at radius 2 is 1.77 bits per heavy atom. The fraction of sp³-hybridized carbons (Fsp3) is 0.286. The molecule has 0 fully saturated rings. The van der Waals surface area contributed by atoms with Gasteiger partial charge < -0.3 is 19.5 Å². The summed E-state index contributed by atoms with van der Waals surface area (Å²) in [5.74, 6) is 1.85. The molecule has 1 N–H and O–H groups in total. The number of hydrogen-bond acceptors (Lipinski definition) is 4. The second-order valence-electron chi connectivity index (χ2n) is 5.88. The van der Waals surface area contributed by atoms with Crippen molar-refractivity contribution in [3.63, 3.8) is 0 Å². The Bertz CT molecular complexity index is 768. The molecule has 0 aromatic heterocycles. The van der Waals surface area contributed by atoms with Gasteiger partial charge in [-0.1, -0.05) is 12.7 Å². The Morgan fingerprint density at radius 3 is 2.35 bits per heavy atom. The molecule has 0 aliphatic rings. The lowest BCUT2D eigenvalue weighted by atomic mass is 10.0. The maximum Gasteiger partial charge on any atom is 0.251 e. The summed E-state index contributed by atoms with van der Waals surface area (Å²) >= 11 is 0. The van der Waals surface area contributed by atoms with Crippen molar-refractivity contribution in [2.45, 2.75) is 19.9 Å². The first kappa shape index (κ1) is 19.4. The van der Waals surface area contributed by atoms with E-state index >= 15 is 0 Å². The van der Waals surface area contributed by atoms with E-state index in [0.717, 1.165) is 11.1 Å². The predicted molar refractivity (Wildman–Crippen MR) is 102 cm³/mol. The van der Waals surface area contributed by atoms with Crippen LogP contribution in [-0.4, -0.2) is 26.7 Å². The van der Waals surface area contributed by atoms with Gasteiger partial charge in [0.1, 0.15) is 12.4 Å². The maximum absolute atomic E-state index is 12.5. The van der Waals surface area contributed by atoms with Gasteiger partial charge in [-0.05, 0) is 61.4 Å². The zero-order valence-electron chi connectivity index (χ0n) is 15.7. The van der Waals surface area contributed by atoms with Crippen LogP contribution in [0, 0.1) is 6.92 Å². The first-order valence-electron chi connectivity index (χ1n) is 8.37. The van der Waals surface area contributed by atoms with E-state index in [1.165, 1.54) is 0 Å². The van der Waals surface area contributed by atoms with Crippen LogP contribution in [0.4, 0.5) is 0 Å². The van der Waals surface area contributed by atoms with Crippen LogP contribution in [0.5, 0.6) is 17.2 Å². The lowest BCUT2D eigenvalue weighted by molar-refractivity contribution is 0.0939. The lowest BCUT2D eigenvalue weighted by Crippen LogP contribution is -2.27. The Morgan fingerprint density at radius 1 is 1.15 bits per heavy atom. The number of benzene rings is 2. The molecule has 0 radical (unpaired) electrons. The number of amides is 1. The molecule has 0 aliphatic carbocycles. The van der Waals surface area contributed by atoms with E-state index in [4.69, 9.17) is 14.2 Å². The predicted octanol–water partition coefficient (Wildman–Crippen LogP) is 4.07. The van der Waals surface area contributed by atoms with E-state index in [2.05, 4.69) is 11.9 Å². The van der Waals surface area contributed by atoms with Crippen LogP contribution in [0.3, 0.4) is 0 Å². The Labute approximate surface area is 154 Å². The van der Waals surface area contributed by atoms with Crippen LogP contribution in [0.2, 0.25) is 0 Å². The Balaban J connectivity index is 2.12. The summed E-state index contributed by atoms with van der Waals surface area (Å²) in [6.45, 7) is 7.96. The SMILES string of the molecule is C=CCOc1ccc(C(=O)NC(C)c2cc(OC)c(OC)cc2C)cc1. The summed E-state index contributed by atoms with van der Waals surface area (Å²) in [6, 6.07) is 10.6. The highest BCUT2D eigenvalue weighted by molar-refractivity contribution is 5.94. The molecule has 138 valence electrons. The van der Waals surface area contributed by atoms with Gasteiger partial charge in [-0.25, -0.2) is 0 Å². The normalized spacial score (nSPS) is 11.4. The Hall–Kier alpha value is -2.95. The van der Waals surface area contributed by atoms with E-state index in [9.17, 15) is 4.79 Å². The van der Waals surface area contributed by atoms with E-state index in [0.29, 0.717) is 29.4 Å². The smallest absolute Gasteiger partial charge is 0.251 e. The number of ether oxygens (including phenoxy) is 3. The molecule has 1 atom stereocenters. The number of carbonyl (C=O) groups is 1. The van der Waals surface area contributed by atoms with E-state index in [1.807, 2.05) is 26.0 Å². The van der Waals surface area contributed by atoms with Gasteiger partial charge in [0.2, 0.25) is 0 Å². The number of hydrogen-bond donors (Lipinski definition) is 1. The minimum Gasteiger partial charge on any atom is -0.493 e. The zero-order chi connectivity index (χ0) is 19.1. The van der Waals surface area contributed by atoms with Gasteiger partial charge in [0.05, 0.1) is 20.3 Å². The molecule has 0 bridgehead atoms. The molecule has 0 aliphatic heterocycles. The number of aryl methyl sites for hydroxylation is 1. The molecule has 2 aromatic carbocycles. The minimum atomic E-state index is -0.181. The van der Waals surface area contributed by atoms with Crippen molar-refractivity contribution in [3.05, 3.63) is 65.7 Å². The van der Waals surface area contributed by atoms with Crippen LogP contribution in [0.1, 0.15) is 34.5 Å². The summed E-state index contributed by atoms with van der Waals surface area (Å²) in [5, 5.41) is 3.01. The van der Waals surface area contributed by atoms with Gasteiger partial charge in [0, 0.05) is 5.56 Å². The molecule has 2 aromatic rings. The fourth-order valence-corrected chi connectivity index (χ4v) is 2.68. The van der Waals surface area contributed by atoms with Crippen molar-refractivity contribution < 1.29 is 19.0 Å². The molecule has 1 unspecified atom stereocenters. The van der Waals surface area contributed by atoms with Gasteiger partial charge in [-0.15, -0.1) is 0 Å². The first-order valence-corrected chi connectivity index (χ1v) is 8.37. The number of carbonyl (C=O) groups excluding carboxylic acids is 1. The van der Waals surface area contributed by atoms with E-state index < -0.39 is 0 Å². The second-order valence-corrected chi connectivity index (χ2v) is 5.88. The highest BCUT2D eigenvalue weighted by Crippen LogP contribution is 2.32. The summed E-state index contributed by atoms with van der Waals surface area (Å²) in [6.07, 6.45) is 1.67. The third-order valence-corrected chi connectivity index (χ3v) is 4.07. The fourth-order valence-electron chi connectivity index (χ4n) is 2.68. The summed E-state index contributed by atoms with van der Waals surface area (Å²) in [5.41, 5.74) is 2.56. The van der Waals surface area contributed by atoms with Gasteiger partial charge in [-0.3, -0.25) is 4.79 Å². The van der Waals surface area contributed by atoms with Crippen LogP contribution < -0.4 is 19.5 Å². The maximum atomic E-state index is 12.5. The standard InChI is InChI=1S/C21H25NO4/c1-6-11-26-17-9-7-16(8-10-17)21(23)22-15(3)18-13-20(25-5)19(24-4)12-14(18)2/h6-10,12-13,15H,1,11H2,2-5H3,(H,22,23). The molecule has 1 amide bonds. The third kappa shape index (κ3) is 4.57. The lowest BCUT2D eigenvalue weighted by Gasteiger charge is -2.19. The first-order chi connectivity index (χ1) is 12.5. The number of methoxy groups -OCH3 is 2. The monoisotopic (exact) mass is 355 g/mol. The molecular weight excluding hydrogens is 330 g/mol. The van der Waals surface area contributed by atoms with Crippen molar-refractivity contribution in [2.24, 2.45) is 0 Å². The average Bonchev–Trinajstić information content (AvgIpc) is 2.66. The quantitative estimate of drug-likeness (QED) is 0.725. The van der Waals surface area contributed by atoms with Crippen molar-refractivity contribution in [3.8, 4) is 17.2 Å². The van der Waals surface area contributed by atoms with Crippen molar-refractivity contribution in [2.75, 3.05) is 20.8 Å². The zero-order valence-corrected chi connectivity index (χ0v) is 15.7. The highest BCUT2D eigenvalue weighted by Gasteiger charge is 2.16. The molecule has 2 rings (SSSR count). The van der Waals surface area contributed by atoms with Gasteiger partial charge in [-0.2, -0.15) is 0 Å². The average molecular weight is 355 g/mol. The molecule has 5 heteroatoms. The van der Waals surface area contributed by atoms with E-state index in [-0.39, 0.29) is 11.9 Å². The van der Waals surface area contributed by atoms with Gasteiger partial charge in [0.15, 0.2) is 11.5 Å². The van der Waals surface area contributed by atoms with Gasteiger partial charge in [0.25, 0.3) is 5.91 Å². The van der Waals surface area contributed by atoms with Crippen molar-refractivity contribution >= 4 is 5.91 Å². The summed E-state index contributed by atoms with van der Waals surface area (Å²) in [7, 11) is 3.20. The second kappa shape index (κ2) is 8.94. The van der Waals surface area contributed by atoms with Gasteiger partial charge >= 0.3 is 0 Å². The minimum absolute atomic E-state index is 0.151. The Kier molecular flexibility index (Phi) is 6.67. The molecule has 0 saturated heterocycles. The summed E-state index contributed by atoms with van der Waals surface area (Å²) in [4.78, 5) is 12.5. The van der Waals surface area contributed by atoms with Crippen LogP contribution in [0.25, 0.3) is 0 Å². The topological polar surface area (TPSA) is 56.8 Å². The molecule has 0 saturated carbocycles. The molecule has 0 spiro atoms. The van der Waals surface area contributed by atoms with Crippen LogP contribution in [-0.2, 0) is 0 Å². The molecule has 26 heavy (non-hydrogen) atoms. The number of nitrogens with one attached hydrogen (secondary N) is 1. The van der Waals surface area contributed by atoms with Crippen molar-refractivity contribution in [1.82, 2.24) is 5.32 Å². The summed E-state index contributed by atoms with van der Waals surface area (Å²) < 4.78 is 16.1. The molecule has 5 nitrogen and oxygen atoms in total.